The molecule has 0 bridgehead atoms. The number of nitrogens with one attached hydrogen (secondary N) is 1. The number of aromatic nitrogens is 1. The number of methoxy groups -OCH3 is 1. The summed E-state index contributed by atoms with van der Waals surface area (Å²) in [5.41, 5.74) is 2.12. The lowest BCUT2D eigenvalue weighted by atomic mass is 9.90. The minimum atomic E-state index is 0.118. The molecule has 1 aromatic heterocycles. The van der Waals surface area contributed by atoms with E-state index in [9.17, 15) is 4.79 Å². The van der Waals surface area contributed by atoms with E-state index in [4.69, 9.17) is 4.74 Å². The van der Waals surface area contributed by atoms with Crippen molar-refractivity contribution < 1.29 is 9.53 Å². The molecule has 31 heavy (non-hydrogen) atoms. The number of ether oxygens (including phenoxy) is 1. The molecule has 2 aromatic carbocycles. The van der Waals surface area contributed by atoms with Gasteiger partial charge in [0, 0.05) is 29.1 Å². The summed E-state index contributed by atoms with van der Waals surface area (Å²) in [6.07, 6.45) is 5.18. The van der Waals surface area contributed by atoms with Gasteiger partial charge in [-0.25, -0.2) is 4.98 Å². The smallest absolute Gasteiger partial charge is 0.228 e. The molecule has 2 aliphatic rings. The van der Waals surface area contributed by atoms with Crippen LogP contribution in [0.15, 0.2) is 60.8 Å². The molecule has 1 spiro atoms. The monoisotopic (exact) mass is 433 g/mol. The van der Waals surface area contributed by atoms with Crippen LogP contribution >= 0.6 is 11.3 Å². The Kier molecular flexibility index (Phi) is 5.50. The first-order valence-electron chi connectivity index (χ1n) is 10.8. The molecule has 1 saturated carbocycles. The van der Waals surface area contributed by atoms with Gasteiger partial charge >= 0.3 is 0 Å². The van der Waals surface area contributed by atoms with Crippen LogP contribution in [-0.4, -0.2) is 36.0 Å². The van der Waals surface area contributed by atoms with Crippen molar-refractivity contribution in [2.75, 3.05) is 25.5 Å². The van der Waals surface area contributed by atoms with E-state index in [1.807, 2.05) is 36.5 Å². The largest absolute Gasteiger partial charge is 0.495 e. The van der Waals surface area contributed by atoms with Crippen LogP contribution in [0.1, 0.15) is 24.1 Å². The average molecular weight is 434 g/mol. The number of carbonyl (C=O) groups is 1. The van der Waals surface area contributed by atoms with Crippen molar-refractivity contribution in [3.63, 3.8) is 0 Å². The van der Waals surface area contributed by atoms with Gasteiger partial charge < -0.3 is 10.1 Å². The van der Waals surface area contributed by atoms with Crippen molar-refractivity contribution in [1.29, 1.82) is 0 Å². The van der Waals surface area contributed by atoms with E-state index in [0.29, 0.717) is 5.75 Å². The topological polar surface area (TPSA) is 54.5 Å². The molecule has 1 amide bonds. The highest BCUT2D eigenvalue weighted by Gasteiger charge is 2.58. The lowest BCUT2D eigenvalue weighted by Crippen LogP contribution is -2.35. The molecule has 1 atom stereocenters. The zero-order valence-electron chi connectivity index (χ0n) is 17.7. The van der Waals surface area contributed by atoms with Crippen LogP contribution in [-0.2, 0) is 11.3 Å². The summed E-state index contributed by atoms with van der Waals surface area (Å²) in [7, 11) is 1.63. The molecule has 1 aliphatic heterocycles. The first kappa shape index (κ1) is 20.2. The number of amides is 1. The Morgan fingerprint density at radius 1 is 1.16 bits per heavy atom. The Balaban J connectivity index is 1.14. The zero-order chi connectivity index (χ0) is 21.3. The van der Waals surface area contributed by atoms with Crippen LogP contribution in [0, 0.1) is 11.3 Å². The van der Waals surface area contributed by atoms with Gasteiger partial charge in [0.05, 0.1) is 12.8 Å². The van der Waals surface area contributed by atoms with Crippen LogP contribution < -0.4 is 10.1 Å². The van der Waals surface area contributed by atoms with Crippen molar-refractivity contribution in [2.45, 2.75) is 25.8 Å². The Morgan fingerprint density at radius 3 is 2.68 bits per heavy atom. The van der Waals surface area contributed by atoms with E-state index >= 15 is 0 Å². The van der Waals surface area contributed by atoms with Gasteiger partial charge in [0.2, 0.25) is 5.91 Å². The molecule has 160 valence electrons. The number of hydrogen-bond donors (Lipinski definition) is 1. The summed E-state index contributed by atoms with van der Waals surface area (Å²) in [6, 6.07) is 18.0. The quantitative estimate of drug-likeness (QED) is 0.590. The van der Waals surface area contributed by atoms with E-state index in [0.717, 1.165) is 49.6 Å². The summed E-state index contributed by atoms with van der Waals surface area (Å²) >= 11 is 1.78. The van der Waals surface area contributed by atoms with Crippen LogP contribution in [0.25, 0.3) is 10.6 Å². The van der Waals surface area contributed by atoms with Crippen LogP contribution in [0.3, 0.4) is 0 Å². The molecule has 3 aromatic rings. The maximum absolute atomic E-state index is 12.8. The standard InChI is InChI=1S/C25H27N3O2S/c1-30-22-10-6-5-9-21(22)27-23(29)20-15-25(20)11-13-28(14-12-25)17-19-16-26-24(31-19)18-7-3-2-4-8-18/h2-10,16,20H,11-15,17H2,1H3,(H,27,29). The van der Waals surface area contributed by atoms with Crippen molar-refractivity contribution in [3.8, 4) is 16.3 Å². The average Bonchev–Trinajstić information content (AvgIpc) is 3.31. The molecular weight excluding hydrogens is 406 g/mol. The summed E-state index contributed by atoms with van der Waals surface area (Å²) in [6.45, 7) is 3.02. The number of carbonyl (C=O) groups excluding carboxylic acids is 1. The van der Waals surface area contributed by atoms with Crippen LogP contribution in [0.4, 0.5) is 5.69 Å². The molecule has 1 N–H and O–H groups in total. The maximum Gasteiger partial charge on any atom is 0.228 e. The highest BCUT2D eigenvalue weighted by atomic mass is 32.1. The van der Waals surface area contributed by atoms with Crippen molar-refractivity contribution in [2.24, 2.45) is 11.3 Å². The second-order valence-corrected chi connectivity index (χ2v) is 9.70. The highest BCUT2D eigenvalue weighted by molar-refractivity contribution is 7.15. The number of hydrogen-bond acceptors (Lipinski definition) is 5. The van der Waals surface area contributed by atoms with Crippen molar-refractivity contribution in [1.82, 2.24) is 9.88 Å². The lowest BCUT2D eigenvalue weighted by molar-refractivity contribution is -0.118. The lowest BCUT2D eigenvalue weighted by Gasteiger charge is -2.32. The predicted octanol–water partition coefficient (Wildman–Crippen LogP) is 5.06. The van der Waals surface area contributed by atoms with E-state index < -0.39 is 0 Å². The fraction of sp³-hybridized carbons (Fsp3) is 0.360. The first-order chi connectivity index (χ1) is 15.2. The molecule has 1 saturated heterocycles. The van der Waals surface area contributed by atoms with E-state index in [2.05, 4.69) is 39.5 Å². The van der Waals surface area contributed by atoms with Crippen molar-refractivity contribution >= 4 is 22.9 Å². The summed E-state index contributed by atoms with van der Waals surface area (Å²) < 4.78 is 5.36. The van der Waals surface area contributed by atoms with E-state index in [1.54, 1.807) is 18.4 Å². The Morgan fingerprint density at radius 2 is 1.90 bits per heavy atom. The first-order valence-corrected chi connectivity index (χ1v) is 11.6. The number of likely N-dealkylation sites (tertiary alicyclic amines) is 1. The zero-order valence-corrected chi connectivity index (χ0v) is 18.5. The number of piperidine rings is 1. The SMILES string of the molecule is COc1ccccc1NC(=O)C1CC12CCN(Cc1cnc(-c3ccccc3)s1)CC2. The van der Waals surface area contributed by atoms with E-state index in [1.165, 1.54) is 10.4 Å². The van der Waals surface area contributed by atoms with Crippen LogP contribution in [0.5, 0.6) is 5.75 Å². The number of anilines is 1. The van der Waals surface area contributed by atoms with Crippen molar-refractivity contribution in [3.05, 3.63) is 65.7 Å². The Bertz CT molecular complexity index is 1060. The molecule has 6 heteroatoms. The minimum Gasteiger partial charge on any atom is -0.495 e. The third-order valence-corrected chi connectivity index (χ3v) is 7.71. The van der Waals surface area contributed by atoms with Gasteiger partial charge in [0.15, 0.2) is 0 Å². The van der Waals surface area contributed by atoms with E-state index in [-0.39, 0.29) is 17.2 Å². The summed E-state index contributed by atoms with van der Waals surface area (Å²) in [4.78, 5) is 21.3. The second kappa shape index (κ2) is 8.44. The molecule has 5 rings (SSSR count). The molecule has 2 heterocycles. The number of rotatable bonds is 6. The molecule has 2 fully saturated rings. The predicted molar refractivity (Wildman–Crippen MR) is 124 cm³/mol. The summed E-state index contributed by atoms with van der Waals surface area (Å²) in [5.74, 6) is 0.959. The Hall–Kier alpha value is -2.70. The number of nitrogens with zero attached hydrogens (tertiary/aromatic N) is 2. The normalized spacial score (nSPS) is 19.8. The molecular formula is C25H27N3O2S. The minimum absolute atomic E-state index is 0.118. The second-order valence-electron chi connectivity index (χ2n) is 8.58. The van der Waals surface area contributed by atoms with Gasteiger partial charge in [0.1, 0.15) is 10.8 Å². The number of para-hydroxylation sites is 2. The number of benzene rings is 2. The highest BCUT2D eigenvalue weighted by Crippen LogP contribution is 2.59. The van der Waals surface area contributed by atoms with Gasteiger partial charge in [-0.1, -0.05) is 42.5 Å². The Labute approximate surface area is 187 Å². The van der Waals surface area contributed by atoms with Gasteiger partial charge in [-0.2, -0.15) is 0 Å². The maximum atomic E-state index is 12.8. The molecule has 0 radical (unpaired) electrons. The third kappa shape index (κ3) is 4.23. The third-order valence-electron chi connectivity index (χ3n) is 6.68. The summed E-state index contributed by atoms with van der Waals surface area (Å²) in [5, 5.41) is 4.16. The molecule has 1 unspecified atom stereocenters. The van der Waals surface area contributed by atoms with Crippen LogP contribution in [0.2, 0.25) is 0 Å². The number of thiazole rings is 1. The molecule has 1 aliphatic carbocycles. The van der Waals surface area contributed by atoms with Gasteiger partial charge in [-0.05, 0) is 49.9 Å². The molecule has 5 nitrogen and oxygen atoms in total. The van der Waals surface area contributed by atoms with Gasteiger partial charge in [-0.3, -0.25) is 9.69 Å². The van der Waals surface area contributed by atoms with Gasteiger partial charge in [-0.15, -0.1) is 11.3 Å². The fourth-order valence-corrected chi connectivity index (χ4v) is 5.67. The van der Waals surface area contributed by atoms with Gasteiger partial charge in [0.25, 0.3) is 0 Å². The fourth-order valence-electron chi connectivity index (χ4n) is 4.71.